The minimum absolute atomic E-state index is 0.588. The molecule has 1 aliphatic rings. The molecule has 0 spiro atoms. The summed E-state index contributed by atoms with van der Waals surface area (Å²) in [4.78, 5) is 15.2. The highest BCUT2D eigenvalue weighted by molar-refractivity contribution is 5.87. The van der Waals surface area contributed by atoms with Crippen molar-refractivity contribution in [2.75, 3.05) is 12.4 Å². The second-order valence-electron chi connectivity index (χ2n) is 9.44. The number of benzene rings is 2. The first-order valence-electron chi connectivity index (χ1n) is 12.4. The molecule has 0 unspecified atom stereocenters. The van der Waals surface area contributed by atoms with Gasteiger partial charge >= 0.3 is 0 Å². The molecule has 5 aromatic rings. The summed E-state index contributed by atoms with van der Waals surface area (Å²) >= 11 is 0. The molecule has 7 heteroatoms. The van der Waals surface area contributed by atoms with Crippen LogP contribution >= 0.6 is 0 Å². The van der Waals surface area contributed by atoms with Crippen LogP contribution in [0.15, 0.2) is 79.8 Å². The Kier molecular flexibility index (Phi) is 5.73. The largest absolute Gasteiger partial charge is 0.370 e. The number of nitrogens with one attached hydrogen (secondary N) is 3. The first kappa shape index (κ1) is 22.1. The lowest BCUT2D eigenvalue weighted by atomic mass is 10.1. The highest BCUT2D eigenvalue weighted by Crippen LogP contribution is 2.31. The Morgan fingerprint density at radius 1 is 1.00 bits per heavy atom. The van der Waals surface area contributed by atoms with E-state index in [1.165, 1.54) is 25.7 Å². The molecular formula is C29H29N7. The third kappa shape index (κ3) is 4.35. The number of rotatable bonds is 7. The van der Waals surface area contributed by atoms with Crippen molar-refractivity contribution in [3.8, 4) is 22.5 Å². The molecule has 36 heavy (non-hydrogen) atoms. The number of nitrogens with zero attached hydrogens (tertiary/aromatic N) is 4. The number of anilines is 2. The number of fused-ring (bicyclic) bond motifs is 1. The van der Waals surface area contributed by atoms with E-state index in [-0.39, 0.29) is 0 Å². The molecule has 7 nitrogen and oxygen atoms in total. The average Bonchev–Trinajstić information content (AvgIpc) is 3.70. The molecular weight excluding hydrogens is 446 g/mol. The molecule has 0 amide bonds. The molecule has 0 atom stereocenters. The van der Waals surface area contributed by atoms with E-state index >= 15 is 0 Å². The molecule has 6 rings (SSSR count). The topological polar surface area (TPSA) is 85.5 Å². The zero-order valence-corrected chi connectivity index (χ0v) is 20.3. The van der Waals surface area contributed by atoms with Gasteiger partial charge in [0, 0.05) is 53.2 Å². The monoisotopic (exact) mass is 475 g/mol. The summed E-state index contributed by atoms with van der Waals surface area (Å²) in [5.41, 5.74) is 7.25. The van der Waals surface area contributed by atoms with E-state index < -0.39 is 0 Å². The zero-order valence-electron chi connectivity index (χ0n) is 20.3. The molecule has 0 bridgehead atoms. The molecule has 1 aliphatic carbocycles. The Morgan fingerprint density at radius 3 is 2.58 bits per heavy atom. The normalized spacial score (nSPS) is 13.8. The van der Waals surface area contributed by atoms with Gasteiger partial charge in [-0.05, 0) is 48.7 Å². The first-order chi connectivity index (χ1) is 17.6. The zero-order chi connectivity index (χ0) is 24.5. The van der Waals surface area contributed by atoms with Crippen LogP contribution in [-0.2, 0) is 0 Å². The van der Waals surface area contributed by atoms with Crippen LogP contribution < -0.4 is 5.32 Å². The lowest BCUT2D eigenvalue weighted by Crippen LogP contribution is -2.27. The van der Waals surface area contributed by atoms with Gasteiger partial charge in [0.25, 0.3) is 0 Å². The molecule has 1 fully saturated rings. The van der Waals surface area contributed by atoms with Crippen molar-refractivity contribution in [3.05, 3.63) is 85.5 Å². The lowest BCUT2D eigenvalue weighted by molar-refractivity contribution is 0.353. The van der Waals surface area contributed by atoms with Crippen molar-refractivity contribution in [2.24, 2.45) is 0 Å². The van der Waals surface area contributed by atoms with Gasteiger partial charge in [-0.2, -0.15) is 5.10 Å². The van der Waals surface area contributed by atoms with Crippen molar-refractivity contribution in [2.45, 2.75) is 31.7 Å². The number of aromatic amines is 2. The maximum atomic E-state index is 4.76. The summed E-state index contributed by atoms with van der Waals surface area (Å²) in [6, 6.07) is 19.1. The van der Waals surface area contributed by atoms with E-state index in [4.69, 9.17) is 4.98 Å². The number of aromatic nitrogens is 5. The van der Waals surface area contributed by atoms with Crippen LogP contribution in [0.2, 0.25) is 0 Å². The second-order valence-corrected chi connectivity index (χ2v) is 9.44. The maximum Gasteiger partial charge on any atom is 0.161 e. The third-order valence-electron chi connectivity index (χ3n) is 7.13. The predicted octanol–water partition coefficient (Wildman–Crippen LogP) is 6.60. The Balaban J connectivity index is 1.21. The summed E-state index contributed by atoms with van der Waals surface area (Å²) in [7, 11) is 2.16. The molecule has 1 saturated carbocycles. The number of hydrogen-bond acceptors (Lipinski definition) is 5. The molecule has 3 heterocycles. The Bertz CT molecular complexity index is 1490. The minimum atomic E-state index is 0.588. The van der Waals surface area contributed by atoms with Crippen molar-refractivity contribution in [1.29, 1.82) is 0 Å². The van der Waals surface area contributed by atoms with E-state index in [9.17, 15) is 0 Å². The van der Waals surface area contributed by atoms with E-state index in [1.807, 2.05) is 30.6 Å². The summed E-state index contributed by atoms with van der Waals surface area (Å²) in [6.45, 7) is 4.37. The Hall–Kier alpha value is -4.39. The summed E-state index contributed by atoms with van der Waals surface area (Å²) in [5.74, 6) is 1.42. The van der Waals surface area contributed by atoms with Crippen LogP contribution in [-0.4, -0.2) is 43.1 Å². The van der Waals surface area contributed by atoms with Crippen LogP contribution in [0.3, 0.4) is 0 Å². The average molecular weight is 476 g/mol. The van der Waals surface area contributed by atoms with Crippen LogP contribution in [0, 0.1) is 0 Å². The third-order valence-corrected chi connectivity index (χ3v) is 7.13. The van der Waals surface area contributed by atoms with E-state index in [0.717, 1.165) is 50.5 Å². The summed E-state index contributed by atoms with van der Waals surface area (Å²) in [6.07, 6.45) is 10.6. The van der Waals surface area contributed by atoms with Crippen LogP contribution in [0.5, 0.6) is 0 Å². The SMILES string of the molecule is C=C(c1cc2ccc(-c3nccc(Nc4ccc(-c5cn[nH]c5)cc4)n3)cc2[nH]1)N(C)C1CCCC1. The van der Waals surface area contributed by atoms with Gasteiger partial charge in [0.05, 0.1) is 17.6 Å². The predicted molar refractivity (Wildman–Crippen MR) is 146 cm³/mol. The highest BCUT2D eigenvalue weighted by atomic mass is 15.2. The fraction of sp³-hybridized carbons (Fsp3) is 0.207. The van der Waals surface area contributed by atoms with Crippen molar-refractivity contribution in [1.82, 2.24) is 30.0 Å². The Labute approximate surface area is 210 Å². The maximum absolute atomic E-state index is 4.76. The smallest absolute Gasteiger partial charge is 0.161 e. The van der Waals surface area contributed by atoms with E-state index in [0.29, 0.717) is 11.9 Å². The van der Waals surface area contributed by atoms with Crippen molar-refractivity contribution in [3.63, 3.8) is 0 Å². The molecule has 0 aliphatic heterocycles. The van der Waals surface area contributed by atoms with Crippen molar-refractivity contribution >= 4 is 28.1 Å². The van der Waals surface area contributed by atoms with Gasteiger partial charge in [0.1, 0.15) is 5.82 Å². The van der Waals surface area contributed by atoms with Gasteiger partial charge in [-0.3, -0.25) is 5.10 Å². The summed E-state index contributed by atoms with van der Waals surface area (Å²) in [5, 5.41) is 11.4. The molecule has 0 radical (unpaired) electrons. The molecule has 3 aromatic heterocycles. The number of hydrogen-bond donors (Lipinski definition) is 3. The van der Waals surface area contributed by atoms with Gasteiger partial charge in [0.2, 0.25) is 0 Å². The quantitative estimate of drug-likeness (QED) is 0.247. The van der Waals surface area contributed by atoms with Gasteiger partial charge in [0.15, 0.2) is 5.82 Å². The summed E-state index contributed by atoms with van der Waals surface area (Å²) < 4.78 is 0. The Morgan fingerprint density at radius 2 is 1.81 bits per heavy atom. The van der Waals surface area contributed by atoms with Crippen LogP contribution in [0.1, 0.15) is 31.4 Å². The number of H-pyrrole nitrogens is 2. The van der Waals surface area contributed by atoms with Gasteiger partial charge in [-0.15, -0.1) is 0 Å². The van der Waals surface area contributed by atoms with Gasteiger partial charge in [-0.1, -0.05) is 43.7 Å². The van der Waals surface area contributed by atoms with E-state index in [1.54, 1.807) is 6.20 Å². The standard InChI is InChI=1S/C29H29N7/c1-19(36(2)25-5-3-4-6-25)26-15-21-7-8-22(16-27(21)34-26)29-30-14-13-28(35-29)33-24-11-9-20(10-12-24)23-17-31-32-18-23/h7-18,25,34H,1,3-6H2,2H3,(H,31,32)(H,30,33,35). The van der Waals surface area contributed by atoms with Crippen LogP contribution in [0.25, 0.3) is 39.1 Å². The van der Waals surface area contributed by atoms with Crippen LogP contribution in [0.4, 0.5) is 11.5 Å². The van der Waals surface area contributed by atoms with Gasteiger partial charge < -0.3 is 15.2 Å². The fourth-order valence-electron chi connectivity index (χ4n) is 4.99. The van der Waals surface area contributed by atoms with Gasteiger partial charge in [-0.25, -0.2) is 9.97 Å². The first-order valence-corrected chi connectivity index (χ1v) is 12.4. The molecule has 180 valence electrons. The molecule has 0 saturated heterocycles. The van der Waals surface area contributed by atoms with Crippen molar-refractivity contribution < 1.29 is 0 Å². The highest BCUT2D eigenvalue weighted by Gasteiger charge is 2.22. The minimum Gasteiger partial charge on any atom is -0.370 e. The lowest BCUT2D eigenvalue weighted by Gasteiger charge is -2.27. The second kappa shape index (κ2) is 9.34. The molecule has 2 aromatic carbocycles. The molecule has 3 N–H and O–H groups in total. The fourth-order valence-corrected chi connectivity index (χ4v) is 4.99. The van der Waals surface area contributed by atoms with E-state index in [2.05, 4.69) is 80.4 Å².